The third kappa shape index (κ3) is 6.35. The van der Waals surface area contributed by atoms with Gasteiger partial charge in [-0.05, 0) is 12.8 Å². The molecule has 0 amide bonds. The van der Waals surface area contributed by atoms with E-state index in [2.05, 4.69) is 22.9 Å². The first-order chi connectivity index (χ1) is 5.35. The van der Waals surface area contributed by atoms with Gasteiger partial charge in [-0.3, -0.25) is 4.79 Å². The average Bonchev–Trinajstić information content (AvgIpc) is 2.01. The van der Waals surface area contributed by atoms with Crippen LogP contribution in [0.5, 0.6) is 0 Å². The van der Waals surface area contributed by atoms with Gasteiger partial charge in [-0.2, -0.15) is 0 Å². The molecule has 0 rings (SSSR count). The first-order valence-electron chi connectivity index (χ1n) is 4.00. The van der Waals surface area contributed by atoms with E-state index in [9.17, 15) is 4.79 Å². The van der Waals surface area contributed by atoms with Gasteiger partial charge in [0.2, 0.25) is 0 Å². The molecular formula is C8H15BrO2. The van der Waals surface area contributed by atoms with E-state index in [1.165, 1.54) is 0 Å². The van der Waals surface area contributed by atoms with E-state index in [1.54, 1.807) is 0 Å². The van der Waals surface area contributed by atoms with Crippen LogP contribution in [-0.4, -0.2) is 17.9 Å². The van der Waals surface area contributed by atoms with Crippen molar-refractivity contribution in [2.45, 2.75) is 38.7 Å². The molecule has 0 aromatic carbocycles. The van der Waals surface area contributed by atoms with Crippen molar-refractivity contribution in [2.24, 2.45) is 0 Å². The number of hydrogen-bond donors (Lipinski definition) is 0. The van der Waals surface area contributed by atoms with Crippen LogP contribution in [0.2, 0.25) is 0 Å². The van der Waals surface area contributed by atoms with Crippen molar-refractivity contribution in [3.05, 3.63) is 0 Å². The molecule has 1 atom stereocenters. The highest BCUT2D eigenvalue weighted by atomic mass is 79.9. The minimum atomic E-state index is 0.117. The Hall–Kier alpha value is -0.0500. The van der Waals surface area contributed by atoms with Crippen LogP contribution in [-0.2, 0) is 9.53 Å². The largest absolute Gasteiger partial charge is 0.465 e. The first kappa shape index (κ1) is 11.0. The molecule has 0 fully saturated rings. The van der Waals surface area contributed by atoms with Crippen LogP contribution in [0.4, 0.5) is 0 Å². The molecule has 0 aliphatic heterocycles. The molecule has 2 nitrogen and oxygen atoms in total. The summed E-state index contributed by atoms with van der Waals surface area (Å²) in [6.07, 6.45) is 4.30. The lowest BCUT2D eigenvalue weighted by molar-refractivity contribution is -0.133. The first-order valence-corrected chi connectivity index (χ1v) is 5.12. The summed E-state index contributed by atoms with van der Waals surface area (Å²) in [5.41, 5.74) is 0. The maximum absolute atomic E-state index is 10.0. The molecule has 0 aliphatic rings. The SMILES string of the molecule is CCCCC(CCBr)OC=O. The highest BCUT2D eigenvalue weighted by Gasteiger charge is 2.06. The summed E-state index contributed by atoms with van der Waals surface area (Å²) < 4.78 is 4.87. The van der Waals surface area contributed by atoms with Gasteiger partial charge >= 0.3 is 0 Å². The number of ether oxygens (including phenoxy) is 1. The van der Waals surface area contributed by atoms with E-state index in [0.29, 0.717) is 6.47 Å². The summed E-state index contributed by atoms with van der Waals surface area (Å²) in [5.74, 6) is 0. The number of rotatable bonds is 7. The van der Waals surface area contributed by atoms with Crippen LogP contribution < -0.4 is 0 Å². The zero-order valence-corrected chi connectivity index (χ0v) is 8.47. The van der Waals surface area contributed by atoms with Gasteiger partial charge in [-0.15, -0.1) is 0 Å². The number of hydrogen-bond acceptors (Lipinski definition) is 2. The van der Waals surface area contributed by atoms with Gasteiger partial charge in [-0.1, -0.05) is 35.7 Å². The van der Waals surface area contributed by atoms with Crippen molar-refractivity contribution in [1.82, 2.24) is 0 Å². The fraction of sp³-hybridized carbons (Fsp3) is 0.875. The van der Waals surface area contributed by atoms with Crippen LogP contribution in [0.1, 0.15) is 32.6 Å². The minimum Gasteiger partial charge on any atom is -0.465 e. The number of carbonyl (C=O) groups excluding carboxylic acids is 1. The van der Waals surface area contributed by atoms with E-state index < -0.39 is 0 Å². The molecule has 0 heterocycles. The summed E-state index contributed by atoms with van der Waals surface area (Å²) in [6, 6.07) is 0. The van der Waals surface area contributed by atoms with Crippen molar-refractivity contribution in [2.75, 3.05) is 5.33 Å². The summed E-state index contributed by atoms with van der Waals surface area (Å²) in [4.78, 5) is 10.0. The topological polar surface area (TPSA) is 26.3 Å². The second-order valence-electron chi connectivity index (χ2n) is 2.47. The zero-order chi connectivity index (χ0) is 8.53. The Morgan fingerprint density at radius 1 is 1.55 bits per heavy atom. The van der Waals surface area contributed by atoms with Crippen LogP contribution in [0.15, 0.2) is 0 Å². The molecule has 3 heteroatoms. The maximum Gasteiger partial charge on any atom is 0.293 e. The lowest BCUT2D eigenvalue weighted by Gasteiger charge is -2.12. The summed E-state index contributed by atoms with van der Waals surface area (Å²) in [5, 5.41) is 0.898. The Morgan fingerprint density at radius 3 is 2.73 bits per heavy atom. The monoisotopic (exact) mass is 222 g/mol. The second kappa shape index (κ2) is 8.05. The number of carbonyl (C=O) groups is 1. The molecule has 0 radical (unpaired) electrons. The van der Waals surface area contributed by atoms with E-state index in [1.807, 2.05) is 0 Å². The van der Waals surface area contributed by atoms with Crippen LogP contribution in [0, 0.1) is 0 Å². The molecule has 0 saturated carbocycles. The lowest BCUT2D eigenvalue weighted by atomic mass is 10.1. The predicted molar refractivity (Wildman–Crippen MR) is 48.9 cm³/mol. The molecule has 0 aliphatic carbocycles. The maximum atomic E-state index is 10.0. The zero-order valence-electron chi connectivity index (χ0n) is 6.88. The van der Waals surface area contributed by atoms with Gasteiger partial charge in [0.25, 0.3) is 6.47 Å². The standard InChI is InChI=1S/C8H15BrO2/c1-2-3-4-8(5-6-9)11-7-10/h7-8H,2-6H2,1H3. The van der Waals surface area contributed by atoms with E-state index in [0.717, 1.165) is 31.0 Å². The van der Waals surface area contributed by atoms with Crippen molar-refractivity contribution in [1.29, 1.82) is 0 Å². The Morgan fingerprint density at radius 2 is 2.27 bits per heavy atom. The summed E-state index contributed by atoms with van der Waals surface area (Å²) >= 11 is 3.32. The number of unbranched alkanes of at least 4 members (excludes halogenated alkanes) is 1. The van der Waals surface area contributed by atoms with Crippen LogP contribution in [0.3, 0.4) is 0 Å². The molecule has 0 N–H and O–H groups in total. The number of alkyl halides is 1. The summed E-state index contributed by atoms with van der Waals surface area (Å²) in [7, 11) is 0. The van der Waals surface area contributed by atoms with Gasteiger partial charge in [0, 0.05) is 5.33 Å². The molecule has 11 heavy (non-hydrogen) atoms. The van der Waals surface area contributed by atoms with Crippen molar-refractivity contribution < 1.29 is 9.53 Å². The van der Waals surface area contributed by atoms with E-state index in [4.69, 9.17) is 4.74 Å². The second-order valence-corrected chi connectivity index (χ2v) is 3.27. The third-order valence-electron chi connectivity index (χ3n) is 1.56. The number of halogens is 1. The van der Waals surface area contributed by atoms with Crippen molar-refractivity contribution in [3.8, 4) is 0 Å². The smallest absolute Gasteiger partial charge is 0.293 e. The molecule has 0 aromatic rings. The van der Waals surface area contributed by atoms with Crippen LogP contribution in [0.25, 0.3) is 0 Å². The van der Waals surface area contributed by atoms with Crippen molar-refractivity contribution in [3.63, 3.8) is 0 Å². The summed E-state index contributed by atoms with van der Waals surface area (Å²) in [6.45, 7) is 2.68. The van der Waals surface area contributed by atoms with Crippen molar-refractivity contribution >= 4 is 22.4 Å². The van der Waals surface area contributed by atoms with Gasteiger partial charge < -0.3 is 4.74 Å². The molecule has 1 unspecified atom stereocenters. The molecule has 0 spiro atoms. The van der Waals surface area contributed by atoms with Gasteiger partial charge in [0.1, 0.15) is 6.10 Å². The fourth-order valence-electron chi connectivity index (χ4n) is 0.912. The Balaban J connectivity index is 3.41. The quantitative estimate of drug-likeness (QED) is 0.489. The highest BCUT2D eigenvalue weighted by Crippen LogP contribution is 2.08. The van der Waals surface area contributed by atoms with E-state index in [-0.39, 0.29) is 6.10 Å². The van der Waals surface area contributed by atoms with Gasteiger partial charge in [-0.25, -0.2) is 0 Å². The minimum absolute atomic E-state index is 0.117. The van der Waals surface area contributed by atoms with Gasteiger partial charge in [0.15, 0.2) is 0 Å². The molecule has 0 bridgehead atoms. The van der Waals surface area contributed by atoms with E-state index >= 15 is 0 Å². The fourth-order valence-corrected chi connectivity index (χ4v) is 1.42. The average molecular weight is 223 g/mol. The highest BCUT2D eigenvalue weighted by molar-refractivity contribution is 9.09. The molecule has 0 aromatic heterocycles. The Bertz CT molecular complexity index is 96.1. The lowest BCUT2D eigenvalue weighted by Crippen LogP contribution is -2.12. The Labute approximate surface area is 76.4 Å². The molecule has 0 saturated heterocycles. The van der Waals surface area contributed by atoms with Gasteiger partial charge in [0.05, 0.1) is 0 Å². The third-order valence-corrected chi connectivity index (χ3v) is 2.02. The normalized spacial score (nSPS) is 12.5. The Kier molecular flexibility index (Phi) is 8.01. The molecular weight excluding hydrogens is 208 g/mol. The molecule has 66 valence electrons. The van der Waals surface area contributed by atoms with Crippen LogP contribution >= 0.6 is 15.9 Å². The predicted octanol–water partition coefficient (Wildman–Crippen LogP) is 2.50.